The van der Waals surface area contributed by atoms with Crippen LogP contribution in [-0.4, -0.2) is 35.3 Å². The van der Waals surface area contributed by atoms with Crippen molar-refractivity contribution in [3.63, 3.8) is 0 Å². The molecule has 0 aromatic heterocycles. The summed E-state index contributed by atoms with van der Waals surface area (Å²) < 4.78 is 0. The largest absolute Gasteiger partial charge is 0.368 e. The molecule has 5 nitrogen and oxygen atoms in total. The van der Waals surface area contributed by atoms with Gasteiger partial charge in [-0.1, -0.05) is 0 Å². The van der Waals surface area contributed by atoms with E-state index in [1.165, 1.54) is 0 Å². The minimum atomic E-state index is -0.416. The first-order chi connectivity index (χ1) is 6.52. The van der Waals surface area contributed by atoms with Crippen molar-refractivity contribution in [3.8, 4) is 0 Å². The normalized spacial score (nSPS) is 23.6. The lowest BCUT2D eigenvalue weighted by atomic mass is 10.2. The van der Waals surface area contributed by atoms with Gasteiger partial charge in [0.1, 0.15) is 6.04 Å². The lowest BCUT2D eigenvalue weighted by Crippen LogP contribution is -2.45. The van der Waals surface area contributed by atoms with Crippen molar-refractivity contribution in [2.24, 2.45) is 11.5 Å². The Morgan fingerprint density at radius 2 is 2.21 bits per heavy atom. The van der Waals surface area contributed by atoms with E-state index in [1.807, 2.05) is 0 Å². The quantitative estimate of drug-likeness (QED) is 0.623. The van der Waals surface area contributed by atoms with Gasteiger partial charge in [0, 0.05) is 19.0 Å². The monoisotopic (exact) mass is 199 g/mol. The van der Waals surface area contributed by atoms with Gasteiger partial charge in [-0.25, -0.2) is 0 Å². The number of hydrogen-bond acceptors (Lipinski definition) is 3. The van der Waals surface area contributed by atoms with Crippen LogP contribution in [0.1, 0.15) is 26.2 Å². The molecule has 2 amide bonds. The molecule has 0 saturated carbocycles. The van der Waals surface area contributed by atoms with E-state index in [0.717, 1.165) is 6.42 Å². The zero-order chi connectivity index (χ0) is 10.7. The molecule has 0 aliphatic carbocycles. The molecular weight excluding hydrogens is 182 g/mol. The second-order valence-corrected chi connectivity index (χ2v) is 3.83. The molecule has 2 atom stereocenters. The topological polar surface area (TPSA) is 89.4 Å². The van der Waals surface area contributed by atoms with Gasteiger partial charge in [0.05, 0.1) is 0 Å². The molecule has 0 aromatic carbocycles. The fourth-order valence-electron chi connectivity index (χ4n) is 1.75. The fourth-order valence-corrected chi connectivity index (χ4v) is 1.75. The van der Waals surface area contributed by atoms with Crippen molar-refractivity contribution in [3.05, 3.63) is 0 Å². The highest BCUT2D eigenvalue weighted by Gasteiger charge is 2.32. The third kappa shape index (κ3) is 2.45. The minimum Gasteiger partial charge on any atom is -0.368 e. The first-order valence-corrected chi connectivity index (χ1v) is 4.86. The highest BCUT2D eigenvalue weighted by molar-refractivity contribution is 5.87. The van der Waals surface area contributed by atoms with Crippen molar-refractivity contribution in [2.45, 2.75) is 38.3 Å². The molecule has 1 aliphatic heterocycles. The van der Waals surface area contributed by atoms with Gasteiger partial charge in [0.25, 0.3) is 0 Å². The maximum Gasteiger partial charge on any atom is 0.240 e. The van der Waals surface area contributed by atoms with E-state index in [-0.39, 0.29) is 18.4 Å². The molecule has 0 spiro atoms. The van der Waals surface area contributed by atoms with Gasteiger partial charge in [0.2, 0.25) is 11.8 Å². The SMILES string of the molecule is CC(N)CC(=O)N1CCCC1C(N)=O. The molecule has 4 N–H and O–H groups in total. The van der Waals surface area contributed by atoms with Gasteiger partial charge in [0.15, 0.2) is 0 Å². The second-order valence-electron chi connectivity index (χ2n) is 3.83. The first-order valence-electron chi connectivity index (χ1n) is 4.86. The summed E-state index contributed by atoms with van der Waals surface area (Å²) in [5.41, 5.74) is 10.7. The fraction of sp³-hybridized carbons (Fsp3) is 0.778. The number of likely N-dealkylation sites (tertiary alicyclic amines) is 1. The van der Waals surface area contributed by atoms with Gasteiger partial charge >= 0.3 is 0 Å². The number of hydrogen-bond donors (Lipinski definition) is 2. The van der Waals surface area contributed by atoms with Crippen LogP contribution in [-0.2, 0) is 9.59 Å². The average Bonchev–Trinajstić information content (AvgIpc) is 2.49. The summed E-state index contributed by atoms with van der Waals surface area (Å²) in [5.74, 6) is -0.484. The van der Waals surface area contributed by atoms with Crippen molar-refractivity contribution in [2.75, 3.05) is 6.54 Å². The summed E-state index contributed by atoms with van der Waals surface area (Å²) in [4.78, 5) is 24.2. The van der Waals surface area contributed by atoms with Crippen LogP contribution in [0.15, 0.2) is 0 Å². The molecule has 1 aliphatic rings. The van der Waals surface area contributed by atoms with E-state index in [0.29, 0.717) is 13.0 Å². The summed E-state index contributed by atoms with van der Waals surface area (Å²) in [6.45, 7) is 2.40. The van der Waals surface area contributed by atoms with Crippen LogP contribution in [0.25, 0.3) is 0 Å². The van der Waals surface area contributed by atoms with Crippen molar-refractivity contribution >= 4 is 11.8 Å². The Hall–Kier alpha value is -1.10. The summed E-state index contributed by atoms with van der Waals surface area (Å²) >= 11 is 0. The standard InChI is InChI=1S/C9H17N3O2/c1-6(10)5-8(13)12-4-2-3-7(12)9(11)14/h6-7H,2-5,10H2,1H3,(H2,11,14). The zero-order valence-electron chi connectivity index (χ0n) is 8.40. The van der Waals surface area contributed by atoms with E-state index < -0.39 is 11.9 Å². The Kier molecular flexibility index (Phi) is 3.46. The van der Waals surface area contributed by atoms with Crippen LogP contribution >= 0.6 is 0 Å². The summed E-state index contributed by atoms with van der Waals surface area (Å²) in [6, 6.07) is -0.585. The first kappa shape index (κ1) is 11.0. The molecule has 5 heteroatoms. The highest BCUT2D eigenvalue weighted by atomic mass is 16.2. The maximum absolute atomic E-state index is 11.6. The summed E-state index contributed by atoms with van der Waals surface area (Å²) in [6.07, 6.45) is 1.81. The molecule has 80 valence electrons. The number of nitrogens with zero attached hydrogens (tertiary/aromatic N) is 1. The van der Waals surface area contributed by atoms with Gasteiger partial charge < -0.3 is 16.4 Å². The van der Waals surface area contributed by atoms with Crippen LogP contribution in [0.4, 0.5) is 0 Å². The molecule has 0 bridgehead atoms. The van der Waals surface area contributed by atoms with Crippen molar-refractivity contribution in [1.82, 2.24) is 4.90 Å². The third-order valence-electron chi connectivity index (χ3n) is 2.40. The lowest BCUT2D eigenvalue weighted by molar-refractivity contribution is -0.137. The minimum absolute atomic E-state index is 0.0682. The van der Waals surface area contributed by atoms with Gasteiger partial charge in [-0.15, -0.1) is 0 Å². The van der Waals surface area contributed by atoms with E-state index >= 15 is 0 Å². The Labute approximate surface area is 83.4 Å². The molecule has 14 heavy (non-hydrogen) atoms. The van der Waals surface area contributed by atoms with E-state index in [4.69, 9.17) is 11.5 Å². The highest BCUT2D eigenvalue weighted by Crippen LogP contribution is 2.17. The number of carbonyl (C=O) groups excluding carboxylic acids is 2. The van der Waals surface area contributed by atoms with Gasteiger partial charge in [-0.2, -0.15) is 0 Å². The molecule has 0 aromatic rings. The third-order valence-corrected chi connectivity index (χ3v) is 2.40. The molecule has 2 unspecified atom stereocenters. The predicted octanol–water partition coefficient (Wildman–Crippen LogP) is -0.800. The van der Waals surface area contributed by atoms with Crippen LogP contribution < -0.4 is 11.5 Å². The lowest BCUT2D eigenvalue weighted by Gasteiger charge is -2.22. The van der Waals surface area contributed by atoms with Crippen molar-refractivity contribution < 1.29 is 9.59 Å². The Balaban J connectivity index is 2.58. The number of primary amides is 1. The Bertz CT molecular complexity index is 240. The number of amides is 2. The van der Waals surface area contributed by atoms with Gasteiger partial charge in [-0.3, -0.25) is 9.59 Å². The molecule has 1 rings (SSSR count). The smallest absolute Gasteiger partial charge is 0.240 e. The Morgan fingerprint density at radius 1 is 1.57 bits per heavy atom. The molecule has 1 saturated heterocycles. The van der Waals surface area contributed by atoms with Crippen LogP contribution in [0.2, 0.25) is 0 Å². The molecular formula is C9H17N3O2. The molecule has 1 fully saturated rings. The van der Waals surface area contributed by atoms with E-state index in [1.54, 1.807) is 11.8 Å². The van der Waals surface area contributed by atoms with E-state index in [9.17, 15) is 9.59 Å². The van der Waals surface area contributed by atoms with E-state index in [2.05, 4.69) is 0 Å². The molecule has 0 radical (unpaired) electrons. The summed E-state index contributed by atoms with van der Waals surface area (Å²) in [5, 5.41) is 0. The maximum atomic E-state index is 11.6. The number of rotatable bonds is 3. The summed E-state index contributed by atoms with van der Waals surface area (Å²) in [7, 11) is 0. The number of nitrogens with two attached hydrogens (primary N) is 2. The number of carbonyl (C=O) groups is 2. The zero-order valence-corrected chi connectivity index (χ0v) is 8.40. The van der Waals surface area contributed by atoms with Gasteiger partial charge in [-0.05, 0) is 19.8 Å². The van der Waals surface area contributed by atoms with Crippen LogP contribution in [0, 0.1) is 0 Å². The second kappa shape index (κ2) is 4.41. The van der Waals surface area contributed by atoms with Crippen LogP contribution in [0.5, 0.6) is 0 Å². The molecule has 1 heterocycles. The Morgan fingerprint density at radius 3 is 2.71 bits per heavy atom. The average molecular weight is 199 g/mol. The van der Waals surface area contributed by atoms with Crippen LogP contribution in [0.3, 0.4) is 0 Å². The van der Waals surface area contributed by atoms with Crippen molar-refractivity contribution in [1.29, 1.82) is 0 Å². The predicted molar refractivity (Wildman–Crippen MR) is 52.2 cm³/mol.